The number of rotatable bonds is 6. The molecule has 0 saturated heterocycles. The molecule has 1 aliphatic rings. The van der Waals surface area contributed by atoms with Crippen LogP contribution >= 0.6 is 0 Å². The Hall–Kier alpha value is -4.51. The summed E-state index contributed by atoms with van der Waals surface area (Å²) in [4.78, 5) is 12.7. The van der Waals surface area contributed by atoms with Crippen LogP contribution in [0.1, 0.15) is 60.3 Å². The highest BCUT2D eigenvalue weighted by Gasteiger charge is 2.52. The molecular formula is C41H38O3Si. The summed E-state index contributed by atoms with van der Waals surface area (Å²) < 4.78 is 13.4. The van der Waals surface area contributed by atoms with E-state index in [0.29, 0.717) is 11.3 Å². The summed E-state index contributed by atoms with van der Waals surface area (Å²) >= 11 is 0. The Morgan fingerprint density at radius 3 is 1.96 bits per heavy atom. The summed E-state index contributed by atoms with van der Waals surface area (Å²) in [6.45, 7) is 9.25. The number of benzene rings is 6. The van der Waals surface area contributed by atoms with E-state index in [9.17, 15) is 4.79 Å². The van der Waals surface area contributed by atoms with Gasteiger partial charge in [-0.05, 0) is 97.7 Å². The van der Waals surface area contributed by atoms with Crippen molar-refractivity contribution in [2.45, 2.75) is 51.7 Å². The average molecular weight is 607 g/mol. The smallest absolute Gasteiger partial charge is 0.343 e. The predicted molar refractivity (Wildman–Crippen MR) is 187 cm³/mol. The van der Waals surface area contributed by atoms with Crippen molar-refractivity contribution < 1.29 is 14.0 Å². The van der Waals surface area contributed by atoms with Crippen LogP contribution in [0.15, 0.2) is 127 Å². The van der Waals surface area contributed by atoms with Crippen molar-refractivity contribution in [1.82, 2.24) is 0 Å². The SMILES string of the molecule is Cc1cc2c(c3ccc4cc(OC(=O)c5ccccc5)ccc4c13)CCC2O[Si](c1ccccc1)(c1ccccc1)C(C)(C)C. The molecule has 0 aliphatic heterocycles. The van der Waals surface area contributed by atoms with E-state index in [-0.39, 0.29) is 17.1 Å². The summed E-state index contributed by atoms with van der Waals surface area (Å²) in [6, 6.07) is 43.7. The fraction of sp³-hybridized carbons (Fsp3) is 0.195. The molecule has 1 aliphatic carbocycles. The van der Waals surface area contributed by atoms with Crippen molar-refractivity contribution in [3.8, 4) is 5.75 Å². The fourth-order valence-electron chi connectivity index (χ4n) is 7.36. The number of hydrogen-bond donors (Lipinski definition) is 0. The quantitative estimate of drug-likeness (QED) is 0.0821. The summed E-state index contributed by atoms with van der Waals surface area (Å²) in [5.41, 5.74) is 4.49. The molecule has 4 heteroatoms. The maximum atomic E-state index is 12.7. The van der Waals surface area contributed by atoms with Crippen LogP contribution in [0.4, 0.5) is 0 Å². The minimum atomic E-state index is -2.70. The first-order valence-corrected chi connectivity index (χ1v) is 17.7. The van der Waals surface area contributed by atoms with Gasteiger partial charge in [-0.15, -0.1) is 0 Å². The van der Waals surface area contributed by atoms with Crippen molar-refractivity contribution >= 4 is 46.2 Å². The normalized spacial score (nSPS) is 14.9. The van der Waals surface area contributed by atoms with E-state index in [0.717, 1.165) is 18.2 Å². The monoisotopic (exact) mass is 606 g/mol. The number of hydrogen-bond acceptors (Lipinski definition) is 3. The zero-order valence-corrected chi connectivity index (χ0v) is 27.3. The standard InChI is InChI=1S/C41H38O3Si/c1-28-26-37-35(36-22-20-30-27-31(21-23-34(30)39(28)36)43-40(42)29-14-8-5-9-15-29)24-25-38(37)44-45(41(2,3)4,32-16-10-6-11-17-32)33-18-12-7-13-19-33/h5-23,26-27,38H,24-25H2,1-4H3. The highest BCUT2D eigenvalue weighted by atomic mass is 28.4. The third-order valence-electron chi connectivity index (χ3n) is 9.39. The van der Waals surface area contributed by atoms with Gasteiger partial charge in [0.05, 0.1) is 11.7 Å². The molecule has 6 aromatic rings. The second-order valence-corrected chi connectivity index (χ2v) is 17.4. The molecule has 1 unspecified atom stereocenters. The molecule has 0 heterocycles. The predicted octanol–water partition coefficient (Wildman–Crippen LogP) is 9.08. The maximum absolute atomic E-state index is 12.7. The van der Waals surface area contributed by atoms with Crippen molar-refractivity contribution in [3.05, 3.63) is 150 Å². The van der Waals surface area contributed by atoms with Gasteiger partial charge >= 0.3 is 5.97 Å². The first-order chi connectivity index (χ1) is 21.8. The van der Waals surface area contributed by atoms with Crippen LogP contribution in [0.2, 0.25) is 5.04 Å². The van der Waals surface area contributed by atoms with E-state index in [1.165, 1.54) is 43.2 Å². The second kappa shape index (κ2) is 11.4. The van der Waals surface area contributed by atoms with Gasteiger partial charge in [0.2, 0.25) is 0 Å². The summed E-state index contributed by atoms with van der Waals surface area (Å²) in [5, 5.41) is 7.32. The third-order valence-corrected chi connectivity index (χ3v) is 14.4. The van der Waals surface area contributed by atoms with Crippen LogP contribution in [0.5, 0.6) is 5.75 Å². The molecule has 0 amide bonds. The molecule has 0 N–H and O–H groups in total. The highest BCUT2D eigenvalue weighted by Crippen LogP contribution is 2.46. The first kappa shape index (κ1) is 29.2. The zero-order chi connectivity index (χ0) is 31.2. The lowest BCUT2D eigenvalue weighted by Gasteiger charge is -2.45. The lowest BCUT2D eigenvalue weighted by molar-refractivity contribution is 0.0735. The topological polar surface area (TPSA) is 35.5 Å². The number of fused-ring (bicyclic) bond motifs is 5. The maximum Gasteiger partial charge on any atom is 0.343 e. The van der Waals surface area contributed by atoms with Gasteiger partial charge in [0.25, 0.3) is 8.32 Å². The van der Waals surface area contributed by atoms with Crippen LogP contribution in [-0.4, -0.2) is 14.3 Å². The number of carbonyl (C=O) groups is 1. The Kier molecular flexibility index (Phi) is 7.43. The Morgan fingerprint density at radius 1 is 0.733 bits per heavy atom. The van der Waals surface area contributed by atoms with Gasteiger partial charge in [-0.25, -0.2) is 4.79 Å². The molecule has 0 radical (unpaired) electrons. The molecule has 0 spiro atoms. The largest absolute Gasteiger partial charge is 0.423 e. The van der Waals surface area contributed by atoms with Gasteiger partial charge in [0.1, 0.15) is 5.75 Å². The lowest BCUT2D eigenvalue weighted by Crippen LogP contribution is -2.66. The van der Waals surface area contributed by atoms with Gasteiger partial charge in [-0.1, -0.05) is 124 Å². The van der Waals surface area contributed by atoms with E-state index in [1.807, 2.05) is 30.3 Å². The average Bonchev–Trinajstić information content (AvgIpc) is 3.46. The van der Waals surface area contributed by atoms with E-state index in [1.54, 1.807) is 12.1 Å². The van der Waals surface area contributed by atoms with Crippen molar-refractivity contribution in [2.75, 3.05) is 0 Å². The fourth-order valence-corrected chi connectivity index (χ4v) is 12.0. The highest BCUT2D eigenvalue weighted by molar-refractivity contribution is 6.99. The second-order valence-electron chi connectivity index (χ2n) is 13.2. The summed E-state index contributed by atoms with van der Waals surface area (Å²) in [5.74, 6) is 0.199. The van der Waals surface area contributed by atoms with Crippen LogP contribution in [-0.2, 0) is 10.8 Å². The Morgan fingerprint density at radius 2 is 1.33 bits per heavy atom. The van der Waals surface area contributed by atoms with E-state index >= 15 is 0 Å². The van der Waals surface area contributed by atoms with Crippen LogP contribution in [0, 0.1) is 6.92 Å². The van der Waals surface area contributed by atoms with Crippen molar-refractivity contribution in [2.24, 2.45) is 0 Å². The number of carbonyl (C=O) groups excluding carboxylic acids is 1. The molecule has 0 saturated carbocycles. The molecule has 0 bridgehead atoms. The van der Waals surface area contributed by atoms with Gasteiger partial charge in [-0.2, -0.15) is 0 Å². The van der Waals surface area contributed by atoms with Gasteiger partial charge in [-0.3, -0.25) is 0 Å². The summed E-state index contributed by atoms with van der Waals surface area (Å²) in [6.07, 6.45) is 1.96. The Labute approximate surface area is 266 Å². The molecule has 3 nitrogen and oxygen atoms in total. The Bertz CT molecular complexity index is 1970. The Balaban J connectivity index is 1.29. The molecule has 45 heavy (non-hydrogen) atoms. The molecule has 1 atom stereocenters. The zero-order valence-electron chi connectivity index (χ0n) is 26.3. The lowest BCUT2D eigenvalue weighted by atomic mass is 9.92. The van der Waals surface area contributed by atoms with Gasteiger partial charge < -0.3 is 9.16 Å². The van der Waals surface area contributed by atoms with Crippen LogP contribution in [0.25, 0.3) is 21.5 Å². The van der Waals surface area contributed by atoms with Crippen LogP contribution in [0.3, 0.4) is 0 Å². The minimum Gasteiger partial charge on any atom is -0.423 e. The molecular weight excluding hydrogens is 569 g/mol. The third kappa shape index (κ3) is 5.08. The number of esters is 1. The minimum absolute atomic E-state index is 0.0184. The molecule has 0 fully saturated rings. The first-order valence-electron chi connectivity index (χ1n) is 15.8. The number of aryl methyl sites for hydroxylation is 2. The summed E-state index contributed by atoms with van der Waals surface area (Å²) in [7, 11) is -2.70. The molecule has 7 rings (SSSR count). The molecule has 0 aromatic heterocycles. The molecule has 224 valence electrons. The number of ether oxygens (including phenoxy) is 1. The van der Waals surface area contributed by atoms with Crippen molar-refractivity contribution in [1.29, 1.82) is 0 Å². The van der Waals surface area contributed by atoms with E-state index < -0.39 is 8.32 Å². The van der Waals surface area contributed by atoms with Crippen molar-refractivity contribution in [3.63, 3.8) is 0 Å². The molecule has 6 aromatic carbocycles. The van der Waals surface area contributed by atoms with Gasteiger partial charge in [0, 0.05) is 0 Å². The van der Waals surface area contributed by atoms with Crippen LogP contribution < -0.4 is 15.1 Å². The van der Waals surface area contributed by atoms with E-state index in [2.05, 4.69) is 113 Å². The van der Waals surface area contributed by atoms with Gasteiger partial charge in [0.15, 0.2) is 0 Å². The van der Waals surface area contributed by atoms with E-state index in [4.69, 9.17) is 9.16 Å².